The molecule has 0 aliphatic carbocycles. The van der Waals surface area contributed by atoms with E-state index in [4.69, 9.17) is 17.0 Å². The summed E-state index contributed by atoms with van der Waals surface area (Å²) in [6, 6.07) is -0.639. The number of nitrogens with zero attached hydrogens (tertiary/aromatic N) is 3. The summed E-state index contributed by atoms with van der Waals surface area (Å²) in [6.45, 7) is 5.90. The fourth-order valence-corrected chi connectivity index (χ4v) is 2.19. The fraction of sp³-hybridized carbons (Fsp3) is 0.667. The minimum atomic E-state index is -0.883. The van der Waals surface area contributed by atoms with Crippen molar-refractivity contribution in [1.82, 2.24) is 14.7 Å². The molecule has 1 unspecified atom stereocenters. The van der Waals surface area contributed by atoms with Gasteiger partial charge in [-0.1, -0.05) is 26.1 Å². The average molecular weight is 356 g/mol. The first kappa shape index (κ1) is 20.0. The molecule has 0 bridgehead atoms. The molecule has 24 heavy (non-hydrogen) atoms. The molecule has 0 spiro atoms. The SMILES string of the molecule is CCN1CCN(C(=O)N(C)CC([C]=S)OC(=O)C(C)C)C(=O)C1=O. The first-order valence-corrected chi connectivity index (χ1v) is 8.07. The Hall–Kier alpha value is -2.03. The first-order valence-electron chi connectivity index (χ1n) is 7.66. The molecule has 8 nitrogen and oxygen atoms in total. The summed E-state index contributed by atoms with van der Waals surface area (Å²) in [5.41, 5.74) is 0. The number of piperazine rings is 1. The van der Waals surface area contributed by atoms with Gasteiger partial charge in [0.05, 0.1) is 17.8 Å². The number of carbonyl (C=O) groups is 4. The maximum Gasteiger partial charge on any atom is 0.327 e. The Kier molecular flexibility index (Phi) is 7.27. The second-order valence-electron chi connectivity index (χ2n) is 5.70. The van der Waals surface area contributed by atoms with Gasteiger partial charge in [0.15, 0.2) is 6.10 Å². The number of esters is 1. The second kappa shape index (κ2) is 8.72. The zero-order chi connectivity index (χ0) is 18.4. The van der Waals surface area contributed by atoms with E-state index >= 15 is 0 Å². The quantitative estimate of drug-likeness (QED) is 0.383. The van der Waals surface area contributed by atoms with E-state index in [1.54, 1.807) is 20.8 Å². The van der Waals surface area contributed by atoms with Crippen LogP contribution in [-0.4, -0.2) is 83.2 Å². The van der Waals surface area contributed by atoms with Crippen molar-refractivity contribution >= 4 is 41.4 Å². The van der Waals surface area contributed by atoms with Gasteiger partial charge >= 0.3 is 23.8 Å². The van der Waals surface area contributed by atoms with E-state index in [1.165, 1.54) is 16.8 Å². The number of imide groups is 1. The predicted molar refractivity (Wildman–Crippen MR) is 89.3 cm³/mol. The molecule has 1 heterocycles. The highest BCUT2D eigenvalue weighted by Crippen LogP contribution is 2.09. The molecule has 1 rings (SSSR count). The van der Waals surface area contributed by atoms with Gasteiger partial charge in [0, 0.05) is 26.7 Å². The molecule has 1 aliphatic rings. The molecule has 0 aromatic heterocycles. The van der Waals surface area contributed by atoms with Crippen LogP contribution in [0.1, 0.15) is 20.8 Å². The van der Waals surface area contributed by atoms with Crippen molar-refractivity contribution in [2.24, 2.45) is 5.92 Å². The minimum absolute atomic E-state index is 0.0454. The minimum Gasteiger partial charge on any atom is -0.454 e. The Bertz CT molecular complexity index is 537. The summed E-state index contributed by atoms with van der Waals surface area (Å²) in [6.07, 6.45) is -0.883. The highest BCUT2D eigenvalue weighted by atomic mass is 32.1. The Labute approximate surface area is 146 Å². The van der Waals surface area contributed by atoms with Crippen LogP contribution in [0.4, 0.5) is 4.79 Å². The van der Waals surface area contributed by atoms with Crippen molar-refractivity contribution in [2.75, 3.05) is 33.2 Å². The molecule has 1 atom stereocenters. The van der Waals surface area contributed by atoms with E-state index in [9.17, 15) is 19.2 Å². The van der Waals surface area contributed by atoms with Crippen molar-refractivity contribution < 1.29 is 23.9 Å². The van der Waals surface area contributed by atoms with Crippen molar-refractivity contribution in [1.29, 1.82) is 0 Å². The number of amides is 4. The van der Waals surface area contributed by atoms with Gasteiger partial charge in [-0.2, -0.15) is 0 Å². The summed E-state index contributed by atoms with van der Waals surface area (Å²) in [5.74, 6) is -2.35. The van der Waals surface area contributed by atoms with E-state index < -0.39 is 29.9 Å². The van der Waals surface area contributed by atoms with Crippen LogP contribution in [0.15, 0.2) is 0 Å². The van der Waals surface area contributed by atoms with Crippen LogP contribution in [0.5, 0.6) is 0 Å². The van der Waals surface area contributed by atoms with E-state index in [0.29, 0.717) is 13.1 Å². The van der Waals surface area contributed by atoms with Crippen LogP contribution < -0.4 is 0 Å². The molecular formula is C15H22N3O5S. The largest absolute Gasteiger partial charge is 0.454 e. The van der Waals surface area contributed by atoms with Crippen molar-refractivity contribution in [3.05, 3.63) is 0 Å². The van der Waals surface area contributed by atoms with Gasteiger partial charge in [0.1, 0.15) is 0 Å². The van der Waals surface area contributed by atoms with Crippen LogP contribution in [0.3, 0.4) is 0 Å². The molecule has 133 valence electrons. The van der Waals surface area contributed by atoms with Crippen LogP contribution >= 0.6 is 12.2 Å². The molecule has 1 radical (unpaired) electrons. The number of ether oxygens (including phenoxy) is 1. The molecule has 1 aliphatic heterocycles. The van der Waals surface area contributed by atoms with Crippen LogP contribution in [-0.2, 0) is 19.1 Å². The Morgan fingerprint density at radius 1 is 1.29 bits per heavy atom. The second-order valence-corrected chi connectivity index (χ2v) is 5.94. The third kappa shape index (κ3) is 4.73. The number of likely N-dealkylation sites (N-methyl/N-ethyl adjacent to an activating group) is 2. The lowest BCUT2D eigenvalue weighted by atomic mass is 10.2. The lowest BCUT2D eigenvalue weighted by Gasteiger charge is -2.34. The summed E-state index contributed by atoms with van der Waals surface area (Å²) >= 11 is 4.71. The lowest BCUT2D eigenvalue weighted by molar-refractivity contribution is -0.154. The highest BCUT2D eigenvalue weighted by molar-refractivity contribution is 7.79. The third-order valence-electron chi connectivity index (χ3n) is 3.55. The number of hydrogen-bond donors (Lipinski definition) is 0. The van der Waals surface area contributed by atoms with Gasteiger partial charge in [-0.25, -0.2) is 4.79 Å². The van der Waals surface area contributed by atoms with Gasteiger partial charge in [-0.15, -0.1) is 0 Å². The van der Waals surface area contributed by atoms with E-state index in [0.717, 1.165) is 4.90 Å². The molecule has 0 saturated carbocycles. The molecule has 0 aromatic rings. The van der Waals surface area contributed by atoms with Crippen molar-refractivity contribution in [3.63, 3.8) is 0 Å². The smallest absolute Gasteiger partial charge is 0.327 e. The Balaban J connectivity index is 2.70. The van der Waals surface area contributed by atoms with E-state index in [1.807, 2.05) is 0 Å². The summed E-state index contributed by atoms with van der Waals surface area (Å²) in [4.78, 5) is 51.3. The molecule has 0 N–H and O–H groups in total. The van der Waals surface area contributed by atoms with Gasteiger partial charge in [0.25, 0.3) is 0 Å². The molecule has 9 heteroatoms. The van der Waals surface area contributed by atoms with Crippen LogP contribution in [0.2, 0.25) is 0 Å². The summed E-state index contributed by atoms with van der Waals surface area (Å²) in [7, 11) is 1.44. The van der Waals surface area contributed by atoms with Gasteiger partial charge in [-0.3, -0.25) is 19.3 Å². The zero-order valence-corrected chi connectivity index (χ0v) is 15.1. The number of urea groups is 1. The third-order valence-corrected chi connectivity index (χ3v) is 3.81. The summed E-state index contributed by atoms with van der Waals surface area (Å²) < 4.78 is 5.12. The normalized spacial score (nSPS) is 16.2. The Morgan fingerprint density at radius 3 is 2.42 bits per heavy atom. The lowest BCUT2D eigenvalue weighted by Crippen LogP contribution is -2.58. The van der Waals surface area contributed by atoms with Gasteiger partial charge < -0.3 is 14.5 Å². The van der Waals surface area contributed by atoms with Crippen LogP contribution in [0, 0.1) is 5.92 Å². The topological polar surface area (TPSA) is 87.2 Å². The van der Waals surface area contributed by atoms with Crippen molar-refractivity contribution in [3.8, 4) is 0 Å². The molecule has 1 saturated heterocycles. The molecular weight excluding hydrogens is 334 g/mol. The standard InChI is InChI=1S/C15H22N3O5S/c1-5-17-6-7-18(13(20)12(17)19)15(22)16(4)8-11(9-24)23-14(21)10(2)3/h10-11H,5-8H2,1-4H3. The Morgan fingerprint density at radius 2 is 1.92 bits per heavy atom. The maximum absolute atomic E-state index is 12.4. The van der Waals surface area contributed by atoms with E-state index in [-0.39, 0.29) is 19.0 Å². The maximum atomic E-state index is 12.4. The van der Waals surface area contributed by atoms with E-state index in [2.05, 4.69) is 5.37 Å². The molecule has 1 fully saturated rings. The highest BCUT2D eigenvalue weighted by Gasteiger charge is 2.37. The zero-order valence-electron chi connectivity index (χ0n) is 14.3. The van der Waals surface area contributed by atoms with Gasteiger partial charge in [-0.05, 0) is 6.92 Å². The average Bonchev–Trinajstić information content (AvgIpc) is 2.55. The number of rotatable bonds is 6. The molecule has 0 aromatic carbocycles. The first-order chi connectivity index (χ1) is 11.2. The number of thiocarbonyl (C=S) groups is 1. The summed E-state index contributed by atoms with van der Waals surface area (Å²) in [5, 5.41) is 2.38. The van der Waals surface area contributed by atoms with Crippen LogP contribution in [0.25, 0.3) is 0 Å². The number of hydrogen-bond acceptors (Lipinski definition) is 6. The number of carbonyl (C=O) groups excluding carboxylic acids is 4. The predicted octanol–water partition coefficient (Wildman–Crippen LogP) is 0.173. The van der Waals surface area contributed by atoms with Gasteiger partial charge in [0.2, 0.25) is 0 Å². The fourth-order valence-electron chi connectivity index (χ4n) is 2.07. The molecule has 4 amide bonds. The monoisotopic (exact) mass is 356 g/mol. The van der Waals surface area contributed by atoms with Crippen molar-refractivity contribution in [2.45, 2.75) is 26.9 Å².